The van der Waals surface area contributed by atoms with Gasteiger partial charge >= 0.3 is 0 Å². The van der Waals surface area contributed by atoms with Crippen LogP contribution in [-0.2, 0) is 9.59 Å². The number of hydrogen-bond donors (Lipinski definition) is 1. The largest absolute Gasteiger partial charge is 0.391 e. The molecule has 0 bridgehead atoms. The molecule has 7 nitrogen and oxygen atoms in total. The molecule has 26 heavy (non-hydrogen) atoms. The summed E-state index contributed by atoms with van der Waals surface area (Å²) in [5, 5.41) is 9.77. The molecule has 1 N–H and O–H groups in total. The van der Waals surface area contributed by atoms with E-state index < -0.39 is 41.3 Å². The van der Waals surface area contributed by atoms with Crippen LogP contribution in [0.2, 0.25) is 0 Å². The van der Waals surface area contributed by atoms with Gasteiger partial charge in [-0.1, -0.05) is 6.07 Å². The minimum absolute atomic E-state index is 0.0846. The maximum Gasteiger partial charge on any atom is 0.257 e. The number of rotatable bonds is 1. The highest BCUT2D eigenvalue weighted by molar-refractivity contribution is 5.99. The summed E-state index contributed by atoms with van der Waals surface area (Å²) in [5.41, 5.74) is -0.400. The van der Waals surface area contributed by atoms with Crippen molar-refractivity contribution in [3.8, 4) is 0 Å². The highest BCUT2D eigenvalue weighted by Crippen LogP contribution is 2.29. The minimum Gasteiger partial charge on any atom is -0.391 e. The van der Waals surface area contributed by atoms with E-state index in [1.54, 1.807) is 0 Å². The first-order valence-corrected chi connectivity index (χ1v) is 8.41. The van der Waals surface area contributed by atoms with Crippen LogP contribution in [0.4, 0.5) is 8.78 Å². The number of carbonyl (C=O) groups is 3. The molecule has 0 radical (unpaired) electrons. The maximum absolute atomic E-state index is 13.9. The molecule has 3 aliphatic heterocycles. The standard InChI is InChI=1S/C17H17F2N3O4/c18-11-3-1-2-10(14(11)19)15(24)20-4-5-21-13(8-20)17(26)22-7-9(23)6-12(22)16(21)25/h1-3,9,12-13,23H,4-8H2/t9-,12+,13-/m1/s1. The van der Waals surface area contributed by atoms with Crippen LogP contribution in [0, 0.1) is 11.6 Å². The van der Waals surface area contributed by atoms with Gasteiger partial charge in [0.1, 0.15) is 12.1 Å². The summed E-state index contributed by atoms with van der Waals surface area (Å²) >= 11 is 0. The van der Waals surface area contributed by atoms with Gasteiger partial charge in [-0.15, -0.1) is 0 Å². The number of aliphatic hydroxyl groups excluding tert-OH is 1. The number of aliphatic hydroxyl groups is 1. The predicted octanol–water partition coefficient (Wildman–Crippen LogP) is -0.407. The first-order chi connectivity index (χ1) is 12.4. The summed E-state index contributed by atoms with van der Waals surface area (Å²) < 4.78 is 27.3. The Hall–Kier alpha value is -2.55. The average Bonchev–Trinajstić information content (AvgIpc) is 3.03. The van der Waals surface area contributed by atoms with Gasteiger partial charge in [0.25, 0.3) is 5.91 Å². The lowest BCUT2D eigenvalue weighted by atomic mass is 10.0. The predicted molar refractivity (Wildman–Crippen MR) is 83.9 cm³/mol. The number of hydrogen-bond acceptors (Lipinski definition) is 4. The summed E-state index contributed by atoms with van der Waals surface area (Å²) in [7, 11) is 0. The third-order valence-corrected chi connectivity index (χ3v) is 5.26. The topological polar surface area (TPSA) is 81.2 Å². The molecular weight excluding hydrogens is 348 g/mol. The summed E-state index contributed by atoms with van der Waals surface area (Å²) in [6, 6.07) is 1.84. The number of carbonyl (C=O) groups excluding carboxylic acids is 3. The first-order valence-electron chi connectivity index (χ1n) is 8.41. The van der Waals surface area contributed by atoms with E-state index in [1.807, 2.05) is 0 Å². The molecule has 3 aliphatic rings. The number of halogens is 2. The molecule has 3 saturated heterocycles. The molecule has 4 rings (SSSR count). The molecule has 1 aromatic carbocycles. The van der Waals surface area contributed by atoms with Crippen molar-refractivity contribution < 1.29 is 28.3 Å². The Morgan fingerprint density at radius 2 is 1.77 bits per heavy atom. The van der Waals surface area contributed by atoms with Crippen LogP contribution >= 0.6 is 0 Å². The summed E-state index contributed by atoms with van der Waals surface area (Å²) in [6.07, 6.45) is -0.529. The van der Waals surface area contributed by atoms with E-state index in [4.69, 9.17) is 0 Å². The van der Waals surface area contributed by atoms with Gasteiger partial charge in [-0.3, -0.25) is 14.4 Å². The molecule has 3 heterocycles. The van der Waals surface area contributed by atoms with Crippen molar-refractivity contribution in [3.05, 3.63) is 35.4 Å². The van der Waals surface area contributed by atoms with Crippen molar-refractivity contribution in [2.45, 2.75) is 24.6 Å². The second-order valence-electron chi connectivity index (χ2n) is 6.80. The average molecular weight is 365 g/mol. The summed E-state index contributed by atoms with van der Waals surface area (Å²) in [5.74, 6) is -3.63. The monoisotopic (exact) mass is 365 g/mol. The smallest absolute Gasteiger partial charge is 0.257 e. The normalized spacial score (nSPS) is 28.3. The second kappa shape index (κ2) is 6.01. The van der Waals surface area contributed by atoms with E-state index in [0.717, 1.165) is 6.07 Å². The molecule has 3 atom stereocenters. The van der Waals surface area contributed by atoms with Crippen molar-refractivity contribution in [1.82, 2.24) is 14.7 Å². The van der Waals surface area contributed by atoms with E-state index in [2.05, 4.69) is 0 Å². The van der Waals surface area contributed by atoms with Crippen molar-refractivity contribution in [2.75, 3.05) is 26.2 Å². The highest BCUT2D eigenvalue weighted by Gasteiger charge is 2.52. The zero-order chi connectivity index (χ0) is 18.6. The van der Waals surface area contributed by atoms with Crippen molar-refractivity contribution in [1.29, 1.82) is 0 Å². The molecule has 1 aromatic rings. The molecule has 0 saturated carbocycles. The van der Waals surface area contributed by atoms with Gasteiger partial charge in [-0.2, -0.15) is 0 Å². The lowest BCUT2D eigenvalue weighted by Gasteiger charge is -2.47. The SMILES string of the molecule is O=C(c1cccc(F)c1F)N1CCN2C(=O)[C@@H]3C[C@@H](O)CN3C(=O)[C@H]2C1. The summed E-state index contributed by atoms with van der Waals surface area (Å²) in [4.78, 5) is 41.9. The van der Waals surface area contributed by atoms with E-state index in [-0.39, 0.29) is 44.4 Å². The van der Waals surface area contributed by atoms with Gasteiger partial charge in [0.05, 0.1) is 18.2 Å². The van der Waals surface area contributed by atoms with Crippen molar-refractivity contribution in [3.63, 3.8) is 0 Å². The molecule has 3 amide bonds. The van der Waals surface area contributed by atoms with E-state index >= 15 is 0 Å². The van der Waals surface area contributed by atoms with Gasteiger partial charge < -0.3 is 19.8 Å². The molecule has 3 fully saturated rings. The lowest BCUT2D eigenvalue weighted by Crippen LogP contribution is -2.69. The molecule has 0 spiro atoms. The first kappa shape index (κ1) is 16.9. The number of amides is 3. The minimum atomic E-state index is -1.23. The fourth-order valence-electron chi connectivity index (χ4n) is 3.96. The number of nitrogens with zero attached hydrogens (tertiary/aromatic N) is 3. The molecule has 0 aromatic heterocycles. The van der Waals surface area contributed by atoms with E-state index in [1.165, 1.54) is 26.8 Å². The molecule has 9 heteroatoms. The Labute approximate surface area is 147 Å². The van der Waals surface area contributed by atoms with Crippen LogP contribution < -0.4 is 0 Å². The van der Waals surface area contributed by atoms with Crippen molar-refractivity contribution in [2.24, 2.45) is 0 Å². The Morgan fingerprint density at radius 1 is 1.04 bits per heavy atom. The Bertz CT molecular complexity index is 802. The van der Waals surface area contributed by atoms with Gasteiger partial charge in [-0.25, -0.2) is 8.78 Å². The Morgan fingerprint density at radius 3 is 2.54 bits per heavy atom. The second-order valence-corrected chi connectivity index (χ2v) is 6.80. The molecule has 0 unspecified atom stereocenters. The van der Waals surface area contributed by atoms with Crippen LogP contribution in [0.5, 0.6) is 0 Å². The van der Waals surface area contributed by atoms with Crippen LogP contribution in [0.1, 0.15) is 16.8 Å². The van der Waals surface area contributed by atoms with Crippen molar-refractivity contribution >= 4 is 17.7 Å². The number of benzene rings is 1. The lowest BCUT2D eigenvalue weighted by molar-refractivity contribution is -0.162. The maximum atomic E-state index is 13.9. The molecule has 0 aliphatic carbocycles. The van der Waals surface area contributed by atoms with E-state index in [9.17, 15) is 28.3 Å². The van der Waals surface area contributed by atoms with Crippen LogP contribution in [0.3, 0.4) is 0 Å². The zero-order valence-electron chi connectivity index (χ0n) is 13.8. The van der Waals surface area contributed by atoms with Gasteiger partial charge in [0, 0.05) is 26.1 Å². The van der Waals surface area contributed by atoms with Gasteiger partial charge in [0.2, 0.25) is 11.8 Å². The quantitative estimate of drug-likeness (QED) is 0.734. The van der Waals surface area contributed by atoms with Crippen LogP contribution in [0.15, 0.2) is 18.2 Å². The number of piperazine rings is 2. The summed E-state index contributed by atoms with van der Waals surface area (Å²) in [6.45, 7) is 0.267. The Balaban J connectivity index is 1.57. The molecule has 138 valence electrons. The third-order valence-electron chi connectivity index (χ3n) is 5.26. The fraction of sp³-hybridized carbons (Fsp3) is 0.471. The van der Waals surface area contributed by atoms with Gasteiger partial charge in [-0.05, 0) is 12.1 Å². The van der Waals surface area contributed by atoms with Gasteiger partial charge in [0.15, 0.2) is 11.6 Å². The zero-order valence-corrected chi connectivity index (χ0v) is 13.8. The third kappa shape index (κ3) is 2.45. The Kier molecular flexibility index (Phi) is 3.91. The van der Waals surface area contributed by atoms with E-state index in [0.29, 0.717) is 0 Å². The fourth-order valence-corrected chi connectivity index (χ4v) is 3.96. The highest BCUT2D eigenvalue weighted by atomic mass is 19.2. The van der Waals surface area contributed by atoms with Crippen LogP contribution in [-0.4, -0.2) is 81.9 Å². The molecular formula is C17H17F2N3O4. The van der Waals surface area contributed by atoms with Crippen LogP contribution in [0.25, 0.3) is 0 Å². The number of fused-ring (bicyclic) bond motifs is 2.